The Hall–Kier alpha value is -0.0900. The zero-order valence-corrected chi connectivity index (χ0v) is 13.4. The molecule has 4 heteroatoms. The Morgan fingerprint density at radius 3 is 2.79 bits per heavy atom. The van der Waals surface area contributed by atoms with Gasteiger partial charge in [-0.05, 0) is 51.5 Å². The first kappa shape index (κ1) is 15.3. The molecule has 0 unspecified atom stereocenters. The van der Waals surface area contributed by atoms with Crippen LogP contribution in [0.1, 0.15) is 43.4 Å². The Bertz CT molecular complexity index is 361. The molecule has 1 heterocycles. The van der Waals surface area contributed by atoms with Crippen molar-refractivity contribution >= 4 is 22.9 Å². The van der Waals surface area contributed by atoms with Crippen molar-refractivity contribution in [1.82, 2.24) is 10.2 Å². The Balaban J connectivity index is 1.54. The smallest absolute Gasteiger partial charge is 0.0931 e. The van der Waals surface area contributed by atoms with Gasteiger partial charge in [0.15, 0.2) is 0 Å². The molecule has 0 aromatic carbocycles. The van der Waals surface area contributed by atoms with Crippen LogP contribution in [0.15, 0.2) is 12.1 Å². The number of halogens is 1. The average molecular weight is 301 g/mol. The van der Waals surface area contributed by atoms with Gasteiger partial charge in [0, 0.05) is 17.5 Å². The number of rotatable bonds is 7. The van der Waals surface area contributed by atoms with Gasteiger partial charge in [-0.3, -0.25) is 0 Å². The Morgan fingerprint density at radius 1 is 1.32 bits per heavy atom. The summed E-state index contributed by atoms with van der Waals surface area (Å²) in [5.41, 5.74) is 0. The second-order valence-corrected chi connectivity index (χ2v) is 7.39. The number of hydrogen-bond acceptors (Lipinski definition) is 3. The third-order valence-electron chi connectivity index (χ3n) is 3.81. The van der Waals surface area contributed by atoms with E-state index in [9.17, 15) is 0 Å². The molecule has 1 saturated carbocycles. The zero-order valence-electron chi connectivity index (χ0n) is 11.8. The fourth-order valence-electron chi connectivity index (χ4n) is 2.74. The fourth-order valence-corrected chi connectivity index (χ4v) is 3.91. The third-order valence-corrected chi connectivity index (χ3v) is 5.03. The highest BCUT2D eigenvalue weighted by Crippen LogP contribution is 2.22. The molecule has 19 heavy (non-hydrogen) atoms. The van der Waals surface area contributed by atoms with Crippen LogP contribution in [0.4, 0.5) is 0 Å². The van der Waals surface area contributed by atoms with Gasteiger partial charge in [-0.1, -0.05) is 30.9 Å². The molecule has 0 amide bonds. The molecule has 0 aliphatic heterocycles. The summed E-state index contributed by atoms with van der Waals surface area (Å²) in [5.74, 6) is 0. The molecule has 1 aromatic rings. The lowest BCUT2D eigenvalue weighted by Gasteiger charge is -2.23. The van der Waals surface area contributed by atoms with Crippen LogP contribution in [0.5, 0.6) is 0 Å². The molecule has 1 aliphatic carbocycles. The van der Waals surface area contributed by atoms with Crippen molar-refractivity contribution in [2.75, 3.05) is 20.1 Å². The summed E-state index contributed by atoms with van der Waals surface area (Å²) < 4.78 is 0.891. The summed E-state index contributed by atoms with van der Waals surface area (Å²) in [4.78, 5) is 3.73. The number of hydrogen-bond donors (Lipinski definition) is 1. The van der Waals surface area contributed by atoms with E-state index in [4.69, 9.17) is 11.6 Å². The topological polar surface area (TPSA) is 15.3 Å². The average Bonchev–Trinajstić information content (AvgIpc) is 2.81. The standard InChI is InChI=1S/C15H25ClN2S/c1-18(12-14-8-9-15(16)19-14)11-5-10-17-13-6-3-2-4-7-13/h8-9,13,17H,2-7,10-12H2,1H3. The third kappa shape index (κ3) is 5.82. The molecule has 108 valence electrons. The van der Waals surface area contributed by atoms with Crippen molar-refractivity contribution in [1.29, 1.82) is 0 Å². The maximum atomic E-state index is 5.95. The summed E-state index contributed by atoms with van der Waals surface area (Å²) in [6.07, 6.45) is 8.25. The quantitative estimate of drug-likeness (QED) is 0.761. The van der Waals surface area contributed by atoms with Gasteiger partial charge in [0.1, 0.15) is 0 Å². The fraction of sp³-hybridized carbons (Fsp3) is 0.733. The van der Waals surface area contributed by atoms with Crippen molar-refractivity contribution in [3.05, 3.63) is 21.3 Å². The largest absolute Gasteiger partial charge is 0.314 e. The number of nitrogens with one attached hydrogen (secondary N) is 1. The molecule has 0 spiro atoms. The Morgan fingerprint density at radius 2 is 2.11 bits per heavy atom. The summed E-state index contributed by atoms with van der Waals surface area (Å²) in [6.45, 7) is 3.32. The lowest BCUT2D eigenvalue weighted by molar-refractivity contribution is 0.310. The van der Waals surface area contributed by atoms with Gasteiger partial charge in [0.05, 0.1) is 4.34 Å². The summed E-state index contributed by atoms with van der Waals surface area (Å²) in [7, 11) is 2.19. The molecule has 1 N–H and O–H groups in total. The molecular weight excluding hydrogens is 276 g/mol. The predicted octanol–water partition coefficient (Wildman–Crippen LogP) is 4.15. The minimum Gasteiger partial charge on any atom is -0.314 e. The van der Waals surface area contributed by atoms with Crippen molar-refractivity contribution in [2.45, 2.75) is 51.1 Å². The first-order valence-electron chi connectivity index (χ1n) is 7.40. The van der Waals surface area contributed by atoms with Crippen LogP contribution in [-0.2, 0) is 6.54 Å². The summed E-state index contributed by atoms with van der Waals surface area (Å²) >= 11 is 7.63. The lowest BCUT2D eigenvalue weighted by Crippen LogP contribution is -2.33. The molecule has 0 atom stereocenters. The highest BCUT2D eigenvalue weighted by atomic mass is 35.5. The second-order valence-electron chi connectivity index (χ2n) is 5.59. The van der Waals surface area contributed by atoms with E-state index in [1.165, 1.54) is 43.4 Å². The van der Waals surface area contributed by atoms with Crippen molar-refractivity contribution < 1.29 is 0 Å². The van der Waals surface area contributed by atoms with E-state index in [1.807, 2.05) is 6.07 Å². The van der Waals surface area contributed by atoms with E-state index < -0.39 is 0 Å². The molecule has 2 rings (SSSR count). The predicted molar refractivity (Wildman–Crippen MR) is 85.2 cm³/mol. The minimum absolute atomic E-state index is 0.787. The van der Waals surface area contributed by atoms with Crippen LogP contribution in [0, 0.1) is 0 Å². The Labute approximate surface area is 126 Å². The van der Waals surface area contributed by atoms with Crippen molar-refractivity contribution in [3.63, 3.8) is 0 Å². The zero-order chi connectivity index (χ0) is 13.5. The van der Waals surface area contributed by atoms with Crippen LogP contribution >= 0.6 is 22.9 Å². The van der Waals surface area contributed by atoms with Gasteiger partial charge in [-0.2, -0.15) is 0 Å². The first-order valence-corrected chi connectivity index (χ1v) is 8.59. The van der Waals surface area contributed by atoms with E-state index in [-0.39, 0.29) is 0 Å². The highest BCUT2D eigenvalue weighted by Gasteiger charge is 2.11. The van der Waals surface area contributed by atoms with Gasteiger partial charge < -0.3 is 10.2 Å². The maximum Gasteiger partial charge on any atom is 0.0931 e. The highest BCUT2D eigenvalue weighted by molar-refractivity contribution is 7.16. The Kier molecular flexibility index (Phi) is 6.65. The first-order chi connectivity index (χ1) is 9.24. The van der Waals surface area contributed by atoms with Gasteiger partial charge in [-0.25, -0.2) is 0 Å². The SMILES string of the molecule is CN(CCCNC1CCCCC1)Cc1ccc(Cl)s1. The molecule has 0 radical (unpaired) electrons. The maximum absolute atomic E-state index is 5.95. The van der Waals surface area contributed by atoms with Crippen LogP contribution in [-0.4, -0.2) is 31.1 Å². The number of thiophene rings is 1. The van der Waals surface area contributed by atoms with E-state index in [1.54, 1.807) is 11.3 Å². The normalized spacial score (nSPS) is 17.2. The molecule has 2 nitrogen and oxygen atoms in total. The molecule has 1 aliphatic rings. The van der Waals surface area contributed by atoms with Crippen LogP contribution in [0.3, 0.4) is 0 Å². The van der Waals surface area contributed by atoms with Crippen LogP contribution in [0.2, 0.25) is 4.34 Å². The molecule has 1 fully saturated rings. The lowest BCUT2D eigenvalue weighted by atomic mass is 9.95. The monoisotopic (exact) mass is 300 g/mol. The van der Waals surface area contributed by atoms with Crippen molar-refractivity contribution in [2.24, 2.45) is 0 Å². The van der Waals surface area contributed by atoms with E-state index in [0.717, 1.165) is 30.0 Å². The molecule has 0 saturated heterocycles. The summed E-state index contributed by atoms with van der Waals surface area (Å²) in [5, 5.41) is 3.70. The van der Waals surface area contributed by atoms with Crippen molar-refractivity contribution in [3.8, 4) is 0 Å². The van der Waals surface area contributed by atoms with Crippen LogP contribution in [0.25, 0.3) is 0 Å². The molecule has 1 aromatic heterocycles. The van der Waals surface area contributed by atoms with E-state index >= 15 is 0 Å². The summed E-state index contributed by atoms with van der Waals surface area (Å²) in [6, 6.07) is 4.90. The minimum atomic E-state index is 0.787. The van der Waals surface area contributed by atoms with Crippen LogP contribution < -0.4 is 5.32 Å². The molecule has 0 bridgehead atoms. The molecular formula is C15H25ClN2S. The van der Waals surface area contributed by atoms with Gasteiger partial charge in [-0.15, -0.1) is 11.3 Å². The second kappa shape index (κ2) is 8.25. The van der Waals surface area contributed by atoms with Gasteiger partial charge >= 0.3 is 0 Å². The van der Waals surface area contributed by atoms with E-state index in [2.05, 4.69) is 23.3 Å². The number of nitrogens with zero attached hydrogens (tertiary/aromatic N) is 1. The van der Waals surface area contributed by atoms with Gasteiger partial charge in [0.2, 0.25) is 0 Å². The van der Waals surface area contributed by atoms with Gasteiger partial charge in [0.25, 0.3) is 0 Å². The van der Waals surface area contributed by atoms with E-state index in [0.29, 0.717) is 0 Å².